The van der Waals surface area contributed by atoms with Gasteiger partial charge in [-0.25, -0.2) is 13.2 Å². The number of aliphatic carboxylic acids is 1. The number of carboxylic acid groups (broad SMARTS) is 1. The molecule has 1 fully saturated rings. The Morgan fingerprint density at radius 1 is 0.917 bits per heavy atom. The molecule has 190 valence electrons. The van der Waals surface area contributed by atoms with Crippen molar-refractivity contribution in [2.45, 2.75) is 37.6 Å². The number of benzene rings is 2. The van der Waals surface area contributed by atoms with Crippen molar-refractivity contribution >= 4 is 33.7 Å². The van der Waals surface area contributed by atoms with Crippen LogP contribution in [0.1, 0.15) is 44.7 Å². The predicted octanol–water partition coefficient (Wildman–Crippen LogP) is 1.67. The Kier molecular flexibility index (Phi) is 6.96. The summed E-state index contributed by atoms with van der Waals surface area (Å²) in [6.07, 6.45) is -0.435. The minimum Gasteiger partial charge on any atom is -0.480 e. The first kappa shape index (κ1) is 25.5. The van der Waals surface area contributed by atoms with E-state index in [1.165, 1.54) is 21.3 Å². The largest absolute Gasteiger partial charge is 0.480 e. The van der Waals surface area contributed by atoms with Gasteiger partial charge in [-0.15, -0.1) is 0 Å². The van der Waals surface area contributed by atoms with Crippen molar-refractivity contribution in [3.63, 3.8) is 0 Å². The lowest BCUT2D eigenvalue weighted by Crippen LogP contribution is -2.51. The van der Waals surface area contributed by atoms with Gasteiger partial charge in [0.15, 0.2) is 0 Å². The van der Waals surface area contributed by atoms with E-state index in [9.17, 15) is 32.7 Å². The van der Waals surface area contributed by atoms with E-state index >= 15 is 0 Å². The Labute approximate surface area is 209 Å². The molecule has 2 aliphatic rings. The molecule has 0 aliphatic carbocycles. The number of amides is 3. The summed E-state index contributed by atoms with van der Waals surface area (Å²) in [4.78, 5) is 52.4. The molecular weight excluding hydrogens is 486 g/mol. The Balaban J connectivity index is 1.37. The molecule has 2 heterocycles. The minimum absolute atomic E-state index is 0.113. The van der Waals surface area contributed by atoms with Crippen LogP contribution >= 0.6 is 0 Å². The fraction of sp³-hybridized carbons (Fsp3) is 0.360. The lowest BCUT2D eigenvalue weighted by molar-refractivity contribution is -0.142. The van der Waals surface area contributed by atoms with Crippen molar-refractivity contribution in [2.24, 2.45) is 0 Å². The van der Waals surface area contributed by atoms with Crippen LogP contribution in [0.15, 0.2) is 47.4 Å². The van der Waals surface area contributed by atoms with Gasteiger partial charge in [-0.1, -0.05) is 18.2 Å². The molecule has 0 unspecified atom stereocenters. The third-order valence-electron chi connectivity index (χ3n) is 6.76. The zero-order chi connectivity index (χ0) is 26.2. The molecule has 0 spiro atoms. The average Bonchev–Trinajstić information content (AvgIpc) is 3.11. The second-order valence-electron chi connectivity index (χ2n) is 8.95. The smallest absolute Gasteiger partial charge is 0.326 e. The maximum Gasteiger partial charge on any atom is 0.326 e. The summed E-state index contributed by atoms with van der Waals surface area (Å²) in [6, 6.07) is 9.59. The van der Waals surface area contributed by atoms with E-state index in [2.05, 4.69) is 0 Å². The molecule has 2 aliphatic heterocycles. The van der Waals surface area contributed by atoms with Gasteiger partial charge in [-0.3, -0.25) is 19.3 Å². The summed E-state index contributed by atoms with van der Waals surface area (Å²) in [5, 5.41) is 9.70. The first-order chi connectivity index (χ1) is 17.0. The zero-order valence-electron chi connectivity index (χ0n) is 20.0. The topological polar surface area (TPSA) is 132 Å². The van der Waals surface area contributed by atoms with E-state index in [0.717, 1.165) is 11.1 Å². The fourth-order valence-corrected chi connectivity index (χ4v) is 5.98. The quantitative estimate of drug-likeness (QED) is 0.557. The second kappa shape index (κ2) is 9.82. The van der Waals surface area contributed by atoms with Crippen molar-refractivity contribution in [3.8, 4) is 0 Å². The molecule has 11 heteroatoms. The van der Waals surface area contributed by atoms with E-state index in [1.54, 1.807) is 30.3 Å². The van der Waals surface area contributed by atoms with Crippen LogP contribution in [-0.2, 0) is 19.6 Å². The molecule has 1 atom stereocenters. The van der Waals surface area contributed by atoms with E-state index in [4.69, 9.17) is 0 Å². The molecule has 2 aromatic carbocycles. The van der Waals surface area contributed by atoms with E-state index in [0.29, 0.717) is 4.90 Å². The number of rotatable bonds is 7. The van der Waals surface area contributed by atoms with Crippen LogP contribution in [0.5, 0.6) is 0 Å². The standard InChI is InChI=1S/C25H27N3O7S/c1-16-7-8-18(15-17(16)2)36(34,35)27-13-11-26(12-14-27)22(29)10-9-21(25(32)33)28-23(30)19-5-3-4-6-20(19)24(28)31/h3-8,15,21H,9-14H2,1-2H3,(H,32,33)/t21-/m0/s1. The molecule has 0 aromatic heterocycles. The third-order valence-corrected chi connectivity index (χ3v) is 8.66. The van der Waals surface area contributed by atoms with Gasteiger partial charge in [-0.05, 0) is 55.7 Å². The van der Waals surface area contributed by atoms with Crippen LogP contribution in [0.25, 0.3) is 0 Å². The Bertz CT molecular complexity index is 1310. The molecule has 0 bridgehead atoms. The van der Waals surface area contributed by atoms with Gasteiger partial charge in [0.05, 0.1) is 16.0 Å². The Morgan fingerprint density at radius 3 is 2.03 bits per heavy atom. The first-order valence-electron chi connectivity index (χ1n) is 11.6. The molecule has 4 rings (SSSR count). The number of carboxylic acids is 1. The monoisotopic (exact) mass is 513 g/mol. The summed E-state index contributed by atoms with van der Waals surface area (Å²) in [6.45, 7) is 4.29. The lowest BCUT2D eigenvalue weighted by Gasteiger charge is -2.34. The number of nitrogens with zero attached hydrogens (tertiary/aromatic N) is 3. The number of carbonyl (C=O) groups excluding carboxylic acids is 3. The van der Waals surface area contributed by atoms with Crippen LogP contribution in [0.3, 0.4) is 0 Å². The van der Waals surface area contributed by atoms with Crippen LogP contribution in [-0.4, -0.2) is 83.5 Å². The maximum absolute atomic E-state index is 13.0. The molecule has 2 aromatic rings. The highest BCUT2D eigenvalue weighted by Gasteiger charge is 2.43. The summed E-state index contributed by atoms with van der Waals surface area (Å²) >= 11 is 0. The molecule has 0 saturated carbocycles. The van der Waals surface area contributed by atoms with Crippen molar-refractivity contribution in [3.05, 3.63) is 64.7 Å². The zero-order valence-corrected chi connectivity index (χ0v) is 20.8. The summed E-state index contributed by atoms with van der Waals surface area (Å²) < 4.78 is 27.3. The lowest BCUT2D eigenvalue weighted by atomic mass is 10.1. The highest BCUT2D eigenvalue weighted by atomic mass is 32.2. The molecule has 10 nitrogen and oxygen atoms in total. The molecule has 1 N–H and O–H groups in total. The highest BCUT2D eigenvalue weighted by Crippen LogP contribution is 2.27. The number of hydrogen-bond acceptors (Lipinski definition) is 6. The second-order valence-corrected chi connectivity index (χ2v) is 10.9. The van der Waals surface area contributed by atoms with Gasteiger partial charge in [-0.2, -0.15) is 4.31 Å². The van der Waals surface area contributed by atoms with Gasteiger partial charge < -0.3 is 10.0 Å². The van der Waals surface area contributed by atoms with E-state index in [1.807, 2.05) is 13.8 Å². The molecule has 0 radical (unpaired) electrons. The van der Waals surface area contributed by atoms with Crippen molar-refractivity contribution in [2.75, 3.05) is 26.2 Å². The van der Waals surface area contributed by atoms with Gasteiger partial charge >= 0.3 is 5.97 Å². The number of piperazine rings is 1. The van der Waals surface area contributed by atoms with Crippen molar-refractivity contribution in [1.29, 1.82) is 0 Å². The summed E-state index contributed by atoms with van der Waals surface area (Å²) in [7, 11) is -3.70. The summed E-state index contributed by atoms with van der Waals surface area (Å²) in [5.41, 5.74) is 2.14. The minimum atomic E-state index is -3.70. The summed E-state index contributed by atoms with van der Waals surface area (Å²) in [5.74, 6) is -3.12. The van der Waals surface area contributed by atoms with Gasteiger partial charge in [0, 0.05) is 32.6 Å². The average molecular weight is 514 g/mol. The first-order valence-corrected chi connectivity index (χ1v) is 13.0. The van der Waals surface area contributed by atoms with Crippen molar-refractivity contribution in [1.82, 2.24) is 14.1 Å². The number of imide groups is 1. The Morgan fingerprint density at radius 2 is 1.50 bits per heavy atom. The van der Waals surface area contributed by atoms with Crippen LogP contribution in [0, 0.1) is 13.8 Å². The van der Waals surface area contributed by atoms with Gasteiger partial charge in [0.1, 0.15) is 6.04 Å². The van der Waals surface area contributed by atoms with Crippen LogP contribution < -0.4 is 0 Å². The van der Waals surface area contributed by atoms with Gasteiger partial charge in [0.25, 0.3) is 11.8 Å². The third kappa shape index (κ3) is 4.63. The number of aryl methyl sites for hydroxylation is 2. The predicted molar refractivity (Wildman–Crippen MR) is 129 cm³/mol. The molecule has 36 heavy (non-hydrogen) atoms. The van der Waals surface area contributed by atoms with E-state index < -0.39 is 33.8 Å². The van der Waals surface area contributed by atoms with E-state index in [-0.39, 0.29) is 61.0 Å². The fourth-order valence-electron chi connectivity index (χ4n) is 4.47. The highest BCUT2D eigenvalue weighted by molar-refractivity contribution is 7.89. The van der Waals surface area contributed by atoms with Crippen molar-refractivity contribution < 1.29 is 32.7 Å². The van der Waals surface area contributed by atoms with Crippen LogP contribution in [0.4, 0.5) is 0 Å². The van der Waals surface area contributed by atoms with Gasteiger partial charge in [0.2, 0.25) is 15.9 Å². The maximum atomic E-state index is 13.0. The SMILES string of the molecule is Cc1ccc(S(=O)(=O)N2CCN(C(=O)CC[C@@H](C(=O)O)N3C(=O)c4ccccc4C3=O)CC2)cc1C. The Hall–Kier alpha value is -3.57. The number of sulfonamides is 1. The van der Waals surface area contributed by atoms with Crippen LogP contribution in [0.2, 0.25) is 0 Å². The number of hydrogen-bond donors (Lipinski definition) is 1. The number of fused-ring (bicyclic) bond motifs is 1. The molecule has 1 saturated heterocycles. The molecular formula is C25H27N3O7S. The molecule has 3 amide bonds. The normalized spacial score (nSPS) is 17.3. The number of carbonyl (C=O) groups is 4.